The summed E-state index contributed by atoms with van der Waals surface area (Å²) >= 11 is 6.45. The molecule has 6 aliphatic rings. The molecule has 3 N–H and O–H groups in total. The number of ketones is 1. The third kappa shape index (κ3) is 12.0. The Hall–Kier alpha value is -0.660. The van der Waals surface area contributed by atoms with Crippen molar-refractivity contribution >= 4 is 41.1 Å². The van der Waals surface area contributed by atoms with Crippen LogP contribution >= 0.6 is 35.3 Å². The number of allylic oxidation sites excluding steroid dienone is 3. The minimum absolute atomic E-state index is 0. The van der Waals surface area contributed by atoms with E-state index in [0.29, 0.717) is 11.8 Å². The van der Waals surface area contributed by atoms with Gasteiger partial charge in [-0.1, -0.05) is 94.4 Å². The van der Waals surface area contributed by atoms with Crippen LogP contribution in [-0.4, -0.2) is 56.9 Å². The lowest BCUT2D eigenvalue weighted by molar-refractivity contribution is -0.122. The van der Waals surface area contributed by atoms with Crippen molar-refractivity contribution < 1.29 is 4.79 Å². The molecule has 6 rings (SSSR count). The molecule has 3 unspecified atom stereocenters. The molecule has 6 aliphatic heterocycles. The van der Waals surface area contributed by atoms with E-state index in [-0.39, 0.29) is 13.3 Å². The number of Topliss-reactive ketones (excluding diaryl/α,β-unsaturated/α-hetero) is 1. The molecule has 0 aromatic heterocycles. The molecule has 0 radical (unpaired) electrons. The van der Waals surface area contributed by atoms with Crippen LogP contribution in [0.3, 0.4) is 0 Å². The second-order valence-corrected chi connectivity index (χ2v) is 19.8. The molecule has 7 heteroatoms. The first-order valence-corrected chi connectivity index (χ1v) is 21.8. The Morgan fingerprint density at radius 1 is 0.681 bits per heavy atom. The summed E-state index contributed by atoms with van der Waals surface area (Å²) in [6, 6.07) is 2.13. The fourth-order valence-corrected chi connectivity index (χ4v) is 13.2. The number of thioether (sulfide) groups is 3. The van der Waals surface area contributed by atoms with E-state index < -0.39 is 0 Å². The highest BCUT2D eigenvalue weighted by Gasteiger charge is 2.43. The van der Waals surface area contributed by atoms with Crippen molar-refractivity contribution in [3.8, 4) is 0 Å². The fraction of sp³-hybridized carbons (Fsp3) is 0.825. The van der Waals surface area contributed by atoms with Crippen molar-refractivity contribution in [1.82, 2.24) is 16.0 Å². The minimum Gasteiger partial charge on any atom is -0.385 e. The monoisotopic (exact) mass is 705 g/mol. The molecule has 0 aliphatic carbocycles. The molecule has 9 atom stereocenters. The third-order valence-electron chi connectivity index (χ3n) is 10.9. The van der Waals surface area contributed by atoms with Crippen LogP contribution in [0.2, 0.25) is 0 Å². The smallest absolute Gasteiger partial charge is 0.135 e. The maximum atomic E-state index is 11.5. The Morgan fingerprint density at radius 3 is 1.60 bits per heavy atom. The minimum atomic E-state index is 0. The van der Waals surface area contributed by atoms with Crippen molar-refractivity contribution in [2.24, 2.45) is 35.5 Å². The molecule has 4 nitrogen and oxygen atoms in total. The lowest BCUT2D eigenvalue weighted by Crippen LogP contribution is -2.35. The van der Waals surface area contributed by atoms with E-state index in [1.807, 2.05) is 13.8 Å². The first-order valence-electron chi connectivity index (χ1n) is 18.6. The van der Waals surface area contributed by atoms with Crippen LogP contribution in [0.15, 0.2) is 36.8 Å². The van der Waals surface area contributed by atoms with Crippen LogP contribution in [0.25, 0.3) is 0 Å². The highest BCUT2D eigenvalue weighted by molar-refractivity contribution is 8.00. The first-order chi connectivity index (χ1) is 21.9. The van der Waals surface area contributed by atoms with E-state index in [2.05, 4.69) is 98.7 Å². The van der Waals surface area contributed by atoms with Crippen molar-refractivity contribution in [1.29, 1.82) is 0 Å². The number of carbonyl (C=O) groups is 1. The van der Waals surface area contributed by atoms with E-state index in [0.717, 1.165) is 70.3 Å². The summed E-state index contributed by atoms with van der Waals surface area (Å²) < 4.78 is 0. The lowest BCUT2D eigenvalue weighted by atomic mass is 9.94. The largest absolute Gasteiger partial charge is 0.385 e. The van der Waals surface area contributed by atoms with Gasteiger partial charge in [0, 0.05) is 63.3 Å². The average Bonchev–Trinajstić information content (AvgIpc) is 3.82. The van der Waals surface area contributed by atoms with E-state index in [9.17, 15) is 4.79 Å². The Labute approximate surface area is 303 Å². The molecule has 0 saturated carbocycles. The zero-order chi connectivity index (χ0) is 33.4. The van der Waals surface area contributed by atoms with Gasteiger partial charge in [-0.25, -0.2) is 0 Å². The van der Waals surface area contributed by atoms with Crippen molar-refractivity contribution in [3.05, 3.63) is 36.8 Å². The maximum Gasteiger partial charge on any atom is 0.135 e. The molecule has 0 amide bonds. The highest BCUT2D eigenvalue weighted by Crippen LogP contribution is 2.43. The topological polar surface area (TPSA) is 53.2 Å². The predicted octanol–water partition coefficient (Wildman–Crippen LogP) is 10.1. The Bertz CT molecular complexity index is 1030. The van der Waals surface area contributed by atoms with Crippen LogP contribution in [0.4, 0.5) is 0 Å². The van der Waals surface area contributed by atoms with Crippen LogP contribution < -0.4 is 16.0 Å². The summed E-state index contributed by atoms with van der Waals surface area (Å²) in [5, 5.41) is 13.1. The maximum absolute atomic E-state index is 11.5. The Kier molecular flexibility index (Phi) is 17.1. The number of unbranched alkanes of at least 4 members (excludes halogenated alkanes) is 2. The van der Waals surface area contributed by atoms with E-state index in [4.69, 9.17) is 0 Å². The number of hydrogen-bond donors (Lipinski definition) is 3. The zero-order valence-electron chi connectivity index (χ0n) is 30.1. The van der Waals surface area contributed by atoms with Gasteiger partial charge in [-0.05, 0) is 85.4 Å². The van der Waals surface area contributed by atoms with Crippen LogP contribution in [-0.2, 0) is 4.79 Å². The standard InChI is InChI=1S/C15H25NOS.C14H25NS.C10H17NS.CH4/c1-10(2)13(17)6-4-5-7-14-15-12(9-18-14)8-11(3)16-15;1-10(2)6-4-5-7-13-14-12(9-16-13)8-11(3)15-14;1-6(2)10-9-8(5-12-10)4-7(3)11-9;/h10,12,14-16H,3-9H2,1-2H3;10,12-15H,3-9H2,1-2H3;6,8-11H,3-5H2,1-2H3;1H4/t12-,14?,15-;12-,13?,14-;8-,9-,10?;/m111./s1. The van der Waals surface area contributed by atoms with Crippen molar-refractivity contribution in [2.75, 3.05) is 17.3 Å². The molecule has 0 spiro atoms. The summed E-state index contributed by atoms with van der Waals surface area (Å²) in [6.45, 7) is 25.4. The van der Waals surface area contributed by atoms with Crippen LogP contribution in [0.5, 0.6) is 0 Å². The average molecular weight is 706 g/mol. The summed E-state index contributed by atoms with van der Waals surface area (Å²) in [6.07, 6.45) is 13.5. The normalized spacial score (nSPS) is 33.3. The van der Waals surface area contributed by atoms with Crippen molar-refractivity contribution in [3.63, 3.8) is 0 Å². The molecule has 6 heterocycles. The van der Waals surface area contributed by atoms with Gasteiger partial charge in [0.25, 0.3) is 0 Å². The number of carbonyl (C=O) groups excluding carboxylic acids is 1. The van der Waals surface area contributed by atoms with Gasteiger partial charge in [0.15, 0.2) is 0 Å². The molecule has 47 heavy (non-hydrogen) atoms. The number of rotatable bonds is 12. The fourth-order valence-electron chi connectivity index (χ4n) is 8.20. The molecule has 0 bridgehead atoms. The van der Waals surface area contributed by atoms with Gasteiger partial charge < -0.3 is 16.0 Å². The molecule has 6 fully saturated rings. The van der Waals surface area contributed by atoms with Gasteiger partial charge in [0.05, 0.1) is 0 Å². The van der Waals surface area contributed by atoms with Gasteiger partial charge in [0.1, 0.15) is 5.78 Å². The zero-order valence-corrected chi connectivity index (χ0v) is 32.5. The Balaban J connectivity index is 0.000000193. The molecule has 270 valence electrons. The van der Waals surface area contributed by atoms with Gasteiger partial charge in [0.2, 0.25) is 0 Å². The molecule has 6 saturated heterocycles. The van der Waals surface area contributed by atoms with Crippen LogP contribution in [0, 0.1) is 35.5 Å². The number of nitrogens with one attached hydrogen (secondary N) is 3. The highest BCUT2D eigenvalue weighted by atomic mass is 32.2. The SMILES string of the molecule is C.C=C1C[C@@H]2CSC(C(C)C)[C@@H]2N1.C=C1C[C@@H]2CSC(CCCCC(=O)C(C)C)[C@@H]2N1.C=C1C[C@@H]2CSC(CCCCC(C)C)[C@@H]2N1. The number of hydrogen-bond acceptors (Lipinski definition) is 7. The predicted molar refractivity (Wildman–Crippen MR) is 214 cm³/mol. The quantitative estimate of drug-likeness (QED) is 0.175. The van der Waals surface area contributed by atoms with E-state index in [1.54, 1.807) is 0 Å². The third-order valence-corrected chi connectivity index (χ3v) is 15.8. The lowest BCUT2D eigenvalue weighted by Gasteiger charge is -2.21. The second-order valence-electron chi connectivity index (χ2n) is 16.0. The Morgan fingerprint density at radius 2 is 1.13 bits per heavy atom. The van der Waals surface area contributed by atoms with Crippen LogP contribution in [0.1, 0.15) is 120 Å². The first kappa shape index (κ1) is 40.8. The number of fused-ring (bicyclic) bond motifs is 3. The second kappa shape index (κ2) is 19.7. The van der Waals surface area contributed by atoms with E-state index >= 15 is 0 Å². The van der Waals surface area contributed by atoms with E-state index in [1.165, 1.54) is 92.1 Å². The van der Waals surface area contributed by atoms with Gasteiger partial charge >= 0.3 is 0 Å². The van der Waals surface area contributed by atoms with Gasteiger partial charge in [-0.3, -0.25) is 4.79 Å². The molecular weight excluding hydrogens is 635 g/mol. The molecule has 0 aromatic rings. The summed E-state index contributed by atoms with van der Waals surface area (Å²) in [7, 11) is 0. The van der Waals surface area contributed by atoms with Gasteiger partial charge in [-0.15, -0.1) is 0 Å². The molecular formula is C40H71N3OS3. The van der Waals surface area contributed by atoms with Gasteiger partial charge in [-0.2, -0.15) is 35.3 Å². The summed E-state index contributed by atoms with van der Waals surface area (Å²) in [5.74, 6) is 8.82. The summed E-state index contributed by atoms with van der Waals surface area (Å²) in [5.41, 5.74) is 3.77. The van der Waals surface area contributed by atoms with Crippen molar-refractivity contribution in [2.45, 2.75) is 153 Å². The molecule has 0 aromatic carbocycles. The summed E-state index contributed by atoms with van der Waals surface area (Å²) in [4.78, 5) is 11.5.